The number of ether oxygens (including phenoxy) is 2. The van der Waals surface area contributed by atoms with Crippen LogP contribution < -0.4 is 26.6 Å². The van der Waals surface area contributed by atoms with Crippen molar-refractivity contribution in [3.05, 3.63) is 35.4 Å². The third-order valence-corrected chi connectivity index (χ3v) is 5.24. The average molecular weight is 489 g/mol. The Kier molecular flexibility index (Phi) is 11.4. The van der Waals surface area contributed by atoms with Gasteiger partial charge in [-0.1, -0.05) is 12.1 Å². The molecule has 1 aromatic heterocycles. The number of nitrogens with two attached hydrogens (primary N) is 1. The molecule has 12 nitrogen and oxygen atoms in total. The van der Waals surface area contributed by atoms with E-state index in [1.807, 2.05) is 12.1 Å². The monoisotopic (exact) mass is 488 g/mol. The van der Waals surface area contributed by atoms with Crippen molar-refractivity contribution in [1.29, 1.82) is 0 Å². The molecule has 0 saturated carbocycles. The molecule has 1 aliphatic heterocycles. The lowest BCUT2D eigenvalue weighted by molar-refractivity contribution is 0.0511. The van der Waals surface area contributed by atoms with Crippen molar-refractivity contribution in [1.82, 2.24) is 20.3 Å². The molecule has 0 aliphatic carbocycles. The number of aliphatic hydroxyl groups is 1. The van der Waals surface area contributed by atoms with Crippen LogP contribution in [-0.4, -0.2) is 91.7 Å². The second-order valence-electron chi connectivity index (χ2n) is 7.95. The predicted octanol–water partition coefficient (Wildman–Crippen LogP) is 0.210. The molecule has 35 heavy (non-hydrogen) atoms. The zero-order valence-electron chi connectivity index (χ0n) is 20.0. The van der Waals surface area contributed by atoms with Gasteiger partial charge < -0.3 is 41.2 Å². The SMILES string of the molecule is NCCOCCOCCNC(=O)c1ccc(CNc2nc(NCCO)nc(N3CCCC3)n2)cc1. The maximum Gasteiger partial charge on any atom is 0.251 e. The molecule has 0 atom stereocenters. The highest BCUT2D eigenvalue weighted by Crippen LogP contribution is 2.19. The van der Waals surface area contributed by atoms with Gasteiger partial charge in [0.1, 0.15) is 0 Å². The van der Waals surface area contributed by atoms with Crippen LogP contribution in [0.4, 0.5) is 17.8 Å². The lowest BCUT2D eigenvalue weighted by Crippen LogP contribution is -2.27. The van der Waals surface area contributed by atoms with Crippen LogP contribution in [0, 0.1) is 0 Å². The van der Waals surface area contributed by atoms with Gasteiger partial charge in [0.05, 0.1) is 33.0 Å². The van der Waals surface area contributed by atoms with Crippen molar-refractivity contribution < 1.29 is 19.4 Å². The largest absolute Gasteiger partial charge is 0.395 e. The van der Waals surface area contributed by atoms with Gasteiger partial charge in [-0.2, -0.15) is 15.0 Å². The molecule has 0 unspecified atom stereocenters. The van der Waals surface area contributed by atoms with Gasteiger partial charge in [0.15, 0.2) is 0 Å². The molecule has 12 heteroatoms. The van der Waals surface area contributed by atoms with E-state index in [1.165, 1.54) is 0 Å². The Morgan fingerprint density at radius 1 is 0.943 bits per heavy atom. The average Bonchev–Trinajstić information content (AvgIpc) is 3.43. The predicted molar refractivity (Wildman–Crippen MR) is 134 cm³/mol. The van der Waals surface area contributed by atoms with E-state index in [0.29, 0.717) is 76.0 Å². The number of anilines is 3. The van der Waals surface area contributed by atoms with E-state index >= 15 is 0 Å². The number of nitrogens with zero attached hydrogens (tertiary/aromatic N) is 4. The highest BCUT2D eigenvalue weighted by molar-refractivity contribution is 5.94. The lowest BCUT2D eigenvalue weighted by atomic mass is 10.1. The van der Waals surface area contributed by atoms with Crippen molar-refractivity contribution >= 4 is 23.8 Å². The number of hydrogen-bond donors (Lipinski definition) is 5. The number of carbonyl (C=O) groups excluding carboxylic acids is 1. The normalized spacial score (nSPS) is 13.1. The number of amides is 1. The Morgan fingerprint density at radius 2 is 1.63 bits per heavy atom. The quantitative estimate of drug-likeness (QED) is 0.206. The van der Waals surface area contributed by atoms with Crippen LogP contribution in [0.1, 0.15) is 28.8 Å². The molecule has 0 radical (unpaired) electrons. The number of benzene rings is 1. The summed E-state index contributed by atoms with van der Waals surface area (Å²) < 4.78 is 10.6. The number of hydrogen-bond acceptors (Lipinski definition) is 11. The van der Waals surface area contributed by atoms with Crippen molar-refractivity contribution in [2.45, 2.75) is 19.4 Å². The minimum atomic E-state index is -0.153. The third kappa shape index (κ3) is 9.25. The van der Waals surface area contributed by atoms with E-state index in [-0.39, 0.29) is 12.5 Å². The van der Waals surface area contributed by atoms with Gasteiger partial charge in [-0.3, -0.25) is 4.79 Å². The second kappa shape index (κ2) is 15.0. The van der Waals surface area contributed by atoms with Crippen LogP contribution in [-0.2, 0) is 16.0 Å². The van der Waals surface area contributed by atoms with E-state index in [1.54, 1.807) is 12.1 Å². The molecule has 192 valence electrons. The van der Waals surface area contributed by atoms with Crippen molar-refractivity contribution in [3.8, 4) is 0 Å². The summed E-state index contributed by atoms with van der Waals surface area (Å²) in [6.45, 7) is 5.49. The van der Waals surface area contributed by atoms with E-state index < -0.39 is 0 Å². The van der Waals surface area contributed by atoms with Gasteiger partial charge in [0, 0.05) is 44.8 Å². The number of rotatable bonds is 16. The molecule has 0 spiro atoms. The fourth-order valence-electron chi connectivity index (χ4n) is 3.45. The highest BCUT2D eigenvalue weighted by atomic mass is 16.5. The summed E-state index contributed by atoms with van der Waals surface area (Å²) in [4.78, 5) is 27.9. The summed E-state index contributed by atoms with van der Waals surface area (Å²) >= 11 is 0. The summed E-state index contributed by atoms with van der Waals surface area (Å²) in [6, 6.07) is 7.34. The van der Waals surface area contributed by atoms with E-state index in [4.69, 9.17) is 20.3 Å². The molecule has 1 amide bonds. The van der Waals surface area contributed by atoms with Crippen LogP contribution in [0.5, 0.6) is 0 Å². The molecule has 1 saturated heterocycles. The molecule has 3 rings (SSSR count). The van der Waals surface area contributed by atoms with Crippen molar-refractivity contribution in [3.63, 3.8) is 0 Å². The Balaban J connectivity index is 1.46. The molecule has 1 fully saturated rings. The van der Waals surface area contributed by atoms with Crippen molar-refractivity contribution in [2.75, 3.05) is 81.3 Å². The number of carbonyl (C=O) groups is 1. The maximum atomic E-state index is 12.3. The van der Waals surface area contributed by atoms with Gasteiger partial charge in [-0.25, -0.2) is 0 Å². The molecule has 1 aromatic carbocycles. The molecule has 1 aliphatic rings. The number of aromatic nitrogens is 3. The Morgan fingerprint density at radius 3 is 2.31 bits per heavy atom. The Hall–Kier alpha value is -3.06. The molecule has 6 N–H and O–H groups in total. The van der Waals surface area contributed by atoms with Crippen LogP contribution >= 0.6 is 0 Å². The smallest absolute Gasteiger partial charge is 0.251 e. The second-order valence-corrected chi connectivity index (χ2v) is 7.95. The molecule has 2 heterocycles. The zero-order chi connectivity index (χ0) is 24.7. The van der Waals surface area contributed by atoms with E-state index in [2.05, 4.69) is 35.8 Å². The molecular weight excluding hydrogens is 452 g/mol. The minimum absolute atomic E-state index is 0.00929. The van der Waals surface area contributed by atoms with Crippen LogP contribution in [0.15, 0.2) is 24.3 Å². The van der Waals surface area contributed by atoms with Gasteiger partial charge in [-0.15, -0.1) is 0 Å². The standard InChI is InChI=1S/C23H36N8O4/c24-7-13-34-15-16-35-14-9-25-20(33)19-5-3-18(4-6-19)17-27-22-28-21(26-8-12-32)29-23(30-22)31-10-1-2-11-31/h3-6,32H,1-2,7-17,24H2,(H,25,33)(H2,26,27,28,29,30). The highest BCUT2D eigenvalue weighted by Gasteiger charge is 2.17. The fourth-order valence-corrected chi connectivity index (χ4v) is 3.45. The Labute approximate surface area is 205 Å². The van der Waals surface area contributed by atoms with Gasteiger partial charge in [-0.05, 0) is 30.5 Å². The summed E-state index contributed by atoms with van der Waals surface area (Å²) in [5, 5.41) is 18.2. The van der Waals surface area contributed by atoms with Gasteiger partial charge in [0.25, 0.3) is 5.91 Å². The van der Waals surface area contributed by atoms with E-state index in [0.717, 1.165) is 31.5 Å². The first-order valence-electron chi connectivity index (χ1n) is 12.0. The lowest BCUT2D eigenvalue weighted by Gasteiger charge is -2.17. The first kappa shape index (κ1) is 26.5. The van der Waals surface area contributed by atoms with Crippen LogP contribution in [0.3, 0.4) is 0 Å². The molecule has 2 aromatic rings. The number of aliphatic hydroxyl groups excluding tert-OH is 1. The zero-order valence-corrected chi connectivity index (χ0v) is 20.0. The maximum absolute atomic E-state index is 12.3. The topological polar surface area (TPSA) is 160 Å². The van der Waals surface area contributed by atoms with E-state index in [9.17, 15) is 4.79 Å². The Bertz CT molecular complexity index is 894. The minimum Gasteiger partial charge on any atom is -0.395 e. The third-order valence-electron chi connectivity index (χ3n) is 5.24. The molecular formula is C23H36N8O4. The van der Waals surface area contributed by atoms with Crippen LogP contribution in [0.2, 0.25) is 0 Å². The molecule has 0 bridgehead atoms. The summed E-state index contributed by atoms with van der Waals surface area (Å²) in [7, 11) is 0. The number of nitrogens with one attached hydrogen (secondary N) is 3. The summed E-state index contributed by atoms with van der Waals surface area (Å²) in [5.74, 6) is 1.36. The van der Waals surface area contributed by atoms with Gasteiger partial charge in [0.2, 0.25) is 17.8 Å². The van der Waals surface area contributed by atoms with Crippen LogP contribution in [0.25, 0.3) is 0 Å². The summed E-state index contributed by atoms with van der Waals surface area (Å²) in [6.07, 6.45) is 2.23. The first-order chi connectivity index (χ1) is 17.2. The fraction of sp³-hybridized carbons (Fsp3) is 0.565. The van der Waals surface area contributed by atoms with Gasteiger partial charge >= 0.3 is 0 Å². The van der Waals surface area contributed by atoms with Crippen molar-refractivity contribution in [2.24, 2.45) is 5.73 Å². The summed E-state index contributed by atoms with van der Waals surface area (Å²) in [5.41, 5.74) is 6.90. The first-order valence-corrected chi connectivity index (χ1v) is 12.0.